The van der Waals surface area contributed by atoms with Gasteiger partial charge < -0.3 is 10.2 Å². The first-order valence-electron chi connectivity index (χ1n) is 9.36. The van der Waals surface area contributed by atoms with Gasteiger partial charge in [0.15, 0.2) is 0 Å². The van der Waals surface area contributed by atoms with Crippen molar-refractivity contribution >= 4 is 5.97 Å². The lowest BCUT2D eigenvalue weighted by Crippen LogP contribution is -2.60. The van der Waals surface area contributed by atoms with E-state index in [1.54, 1.807) is 0 Å². The fourth-order valence-corrected chi connectivity index (χ4v) is 7.62. The van der Waals surface area contributed by atoms with Gasteiger partial charge in [0, 0.05) is 5.41 Å². The predicted octanol–water partition coefficient (Wildman–Crippen LogP) is 4.01. The zero-order valence-corrected chi connectivity index (χ0v) is 14.5. The molecule has 1 spiro atoms. The highest BCUT2D eigenvalue weighted by atomic mass is 16.4. The van der Waals surface area contributed by atoms with Crippen molar-refractivity contribution in [1.82, 2.24) is 0 Å². The molecule has 23 heavy (non-hydrogen) atoms. The third kappa shape index (κ3) is 1.72. The number of carboxylic acid groups (broad SMARTS) is 1. The van der Waals surface area contributed by atoms with Crippen LogP contribution in [0.25, 0.3) is 0 Å². The maximum atomic E-state index is 12.0. The molecule has 0 heterocycles. The van der Waals surface area contributed by atoms with Gasteiger partial charge in [-0.1, -0.05) is 19.9 Å². The van der Waals surface area contributed by atoms with Gasteiger partial charge in [-0.3, -0.25) is 4.79 Å². The van der Waals surface area contributed by atoms with E-state index in [0.29, 0.717) is 11.8 Å². The molecule has 3 nitrogen and oxygen atoms in total. The Bertz CT molecular complexity index is 569. The first-order chi connectivity index (χ1) is 10.8. The number of rotatable bonds is 1. The van der Waals surface area contributed by atoms with E-state index in [-0.39, 0.29) is 22.9 Å². The predicted molar refractivity (Wildman–Crippen MR) is 88.8 cm³/mol. The molecular formula is C20H30O3. The minimum absolute atomic E-state index is 0.0119. The van der Waals surface area contributed by atoms with Gasteiger partial charge >= 0.3 is 5.97 Å². The molecule has 0 saturated heterocycles. The summed E-state index contributed by atoms with van der Waals surface area (Å²) in [6.07, 6.45) is 7.86. The lowest BCUT2D eigenvalue weighted by atomic mass is 9.40. The van der Waals surface area contributed by atoms with E-state index in [4.69, 9.17) is 0 Å². The number of hydrogen-bond acceptors (Lipinski definition) is 2. The Balaban J connectivity index is 1.78. The minimum Gasteiger partial charge on any atom is -0.481 e. The minimum atomic E-state index is -0.616. The number of aliphatic hydroxyl groups excluding tert-OH is 1. The molecule has 3 heteroatoms. The van der Waals surface area contributed by atoms with Gasteiger partial charge in [0.2, 0.25) is 0 Å². The van der Waals surface area contributed by atoms with Crippen LogP contribution in [0.4, 0.5) is 0 Å². The number of aliphatic carboxylic acids is 1. The first kappa shape index (κ1) is 15.7. The summed E-state index contributed by atoms with van der Waals surface area (Å²) in [5.74, 6) is 0.581. The molecule has 0 amide bonds. The second-order valence-corrected chi connectivity index (χ2v) is 9.41. The molecule has 4 aliphatic carbocycles. The number of carboxylic acids is 1. The molecule has 128 valence electrons. The van der Waals surface area contributed by atoms with Crippen LogP contribution in [-0.4, -0.2) is 22.3 Å². The van der Waals surface area contributed by atoms with Crippen LogP contribution >= 0.6 is 0 Å². The van der Waals surface area contributed by atoms with Crippen molar-refractivity contribution in [1.29, 1.82) is 0 Å². The van der Waals surface area contributed by atoms with Crippen molar-refractivity contribution in [3.63, 3.8) is 0 Å². The fourth-order valence-electron chi connectivity index (χ4n) is 7.62. The quantitative estimate of drug-likeness (QED) is 0.718. The molecule has 4 rings (SSSR count). The molecule has 0 aliphatic heterocycles. The Labute approximate surface area is 139 Å². The van der Waals surface area contributed by atoms with E-state index in [2.05, 4.69) is 13.5 Å². The van der Waals surface area contributed by atoms with E-state index < -0.39 is 11.4 Å². The summed E-state index contributed by atoms with van der Waals surface area (Å²) in [6.45, 7) is 8.53. The number of hydrogen-bond donors (Lipinski definition) is 2. The molecule has 0 aromatic rings. The molecule has 7 atom stereocenters. The molecular weight excluding hydrogens is 288 g/mol. The highest BCUT2D eigenvalue weighted by molar-refractivity contribution is 5.75. The Hall–Kier alpha value is -0.830. The van der Waals surface area contributed by atoms with Crippen molar-refractivity contribution < 1.29 is 15.0 Å². The maximum absolute atomic E-state index is 12.0. The van der Waals surface area contributed by atoms with Crippen LogP contribution < -0.4 is 0 Å². The second-order valence-electron chi connectivity index (χ2n) is 9.41. The van der Waals surface area contributed by atoms with Gasteiger partial charge in [-0.2, -0.15) is 0 Å². The van der Waals surface area contributed by atoms with Crippen molar-refractivity contribution in [3.8, 4) is 0 Å². The van der Waals surface area contributed by atoms with Gasteiger partial charge in [0.05, 0.1) is 11.5 Å². The van der Waals surface area contributed by atoms with Crippen LogP contribution in [0.2, 0.25) is 0 Å². The number of fused-ring (bicyclic) bond motifs is 3. The van der Waals surface area contributed by atoms with E-state index in [1.165, 1.54) is 0 Å². The largest absolute Gasteiger partial charge is 0.481 e. The van der Waals surface area contributed by atoms with Crippen molar-refractivity contribution in [3.05, 3.63) is 12.2 Å². The fraction of sp³-hybridized carbons (Fsp3) is 0.850. The van der Waals surface area contributed by atoms with E-state index in [9.17, 15) is 15.0 Å². The topological polar surface area (TPSA) is 57.5 Å². The van der Waals surface area contributed by atoms with Crippen molar-refractivity contribution in [2.24, 2.45) is 34.0 Å². The Kier molecular flexibility index (Phi) is 3.15. The summed E-state index contributed by atoms with van der Waals surface area (Å²) in [4.78, 5) is 12.0. The van der Waals surface area contributed by atoms with Gasteiger partial charge in [0.25, 0.3) is 0 Å². The zero-order chi connectivity index (χ0) is 16.6. The SMILES string of the molecule is C=C1C2CCC3[C@]4(C)CCC[C@@](C)(C(=O)O)C4CC[C@]3(C2)C1O. The average Bonchev–Trinajstić information content (AvgIpc) is 2.68. The summed E-state index contributed by atoms with van der Waals surface area (Å²) in [7, 11) is 0. The van der Waals surface area contributed by atoms with Crippen LogP contribution in [0.3, 0.4) is 0 Å². The van der Waals surface area contributed by atoms with E-state index in [1.807, 2.05) is 6.92 Å². The zero-order valence-electron chi connectivity index (χ0n) is 14.5. The van der Waals surface area contributed by atoms with Crippen LogP contribution in [-0.2, 0) is 4.79 Å². The van der Waals surface area contributed by atoms with Crippen LogP contribution in [0.15, 0.2) is 12.2 Å². The number of carbonyl (C=O) groups is 1. The van der Waals surface area contributed by atoms with Gasteiger partial charge in [0.1, 0.15) is 0 Å². The highest BCUT2D eigenvalue weighted by Crippen LogP contribution is 2.72. The van der Waals surface area contributed by atoms with Gasteiger partial charge in [-0.15, -0.1) is 0 Å². The summed E-state index contributed by atoms with van der Waals surface area (Å²) in [5, 5.41) is 20.9. The van der Waals surface area contributed by atoms with Crippen molar-refractivity contribution in [2.45, 2.75) is 71.3 Å². The van der Waals surface area contributed by atoms with Crippen LogP contribution in [0, 0.1) is 34.0 Å². The summed E-state index contributed by atoms with van der Waals surface area (Å²) < 4.78 is 0. The first-order valence-corrected chi connectivity index (χ1v) is 9.36. The van der Waals surface area contributed by atoms with E-state index >= 15 is 0 Å². The Morgan fingerprint density at radius 3 is 2.57 bits per heavy atom. The second kappa shape index (κ2) is 4.62. The molecule has 0 radical (unpaired) electrons. The maximum Gasteiger partial charge on any atom is 0.309 e. The van der Waals surface area contributed by atoms with Gasteiger partial charge in [-0.05, 0) is 80.6 Å². The Morgan fingerprint density at radius 2 is 1.87 bits per heavy atom. The van der Waals surface area contributed by atoms with Crippen LogP contribution in [0.5, 0.6) is 0 Å². The Morgan fingerprint density at radius 1 is 1.13 bits per heavy atom. The lowest BCUT2D eigenvalue weighted by molar-refractivity contribution is -0.190. The van der Waals surface area contributed by atoms with Crippen molar-refractivity contribution in [2.75, 3.05) is 0 Å². The van der Waals surface area contributed by atoms with Crippen LogP contribution in [0.1, 0.15) is 65.2 Å². The molecule has 4 fully saturated rings. The molecule has 4 saturated carbocycles. The van der Waals surface area contributed by atoms with E-state index in [0.717, 1.165) is 56.9 Å². The molecule has 2 bridgehead atoms. The summed E-state index contributed by atoms with van der Waals surface area (Å²) in [5.41, 5.74) is 0.514. The standard InChI is InChI=1S/C20H30O3/c1-12-13-5-6-15-18(2)8-4-9-19(3,17(22)23)14(18)7-10-20(15,11-13)16(12)21/h13-16,21H,1,4-11H2,2-3H3,(H,22,23)/t13?,14?,15?,16?,18-,19-,20-/m1/s1. The molecule has 4 unspecified atom stereocenters. The smallest absolute Gasteiger partial charge is 0.309 e. The average molecular weight is 318 g/mol. The number of aliphatic hydroxyl groups is 1. The molecule has 4 aliphatic rings. The highest BCUT2D eigenvalue weighted by Gasteiger charge is 2.67. The summed E-state index contributed by atoms with van der Waals surface area (Å²) in [6, 6.07) is 0. The third-order valence-electron chi connectivity index (χ3n) is 8.70. The monoisotopic (exact) mass is 318 g/mol. The summed E-state index contributed by atoms with van der Waals surface area (Å²) >= 11 is 0. The molecule has 0 aromatic heterocycles. The van der Waals surface area contributed by atoms with Gasteiger partial charge in [-0.25, -0.2) is 0 Å². The third-order valence-corrected chi connectivity index (χ3v) is 8.70. The molecule has 0 aromatic carbocycles. The molecule has 2 N–H and O–H groups in total. The lowest BCUT2D eigenvalue weighted by Gasteiger charge is -2.63. The normalized spacial score (nSPS) is 55.2.